The van der Waals surface area contributed by atoms with Gasteiger partial charge in [0.2, 0.25) is 0 Å². The number of nitrogens with one attached hydrogen (secondary N) is 2. The van der Waals surface area contributed by atoms with Crippen LogP contribution in [0.1, 0.15) is 11.1 Å². The van der Waals surface area contributed by atoms with Gasteiger partial charge in [0.25, 0.3) is 5.91 Å². The Hall–Kier alpha value is -2.22. The zero-order valence-corrected chi connectivity index (χ0v) is 16.6. The molecule has 0 bridgehead atoms. The van der Waals surface area contributed by atoms with Crippen LogP contribution in [0.15, 0.2) is 58.1 Å². The lowest BCUT2D eigenvalue weighted by atomic mass is 10.2. The van der Waals surface area contributed by atoms with E-state index in [-0.39, 0.29) is 5.91 Å². The molecule has 6 nitrogen and oxygen atoms in total. The van der Waals surface area contributed by atoms with Crippen molar-refractivity contribution in [3.63, 3.8) is 0 Å². The molecule has 0 spiro atoms. The van der Waals surface area contributed by atoms with Crippen molar-refractivity contribution >= 4 is 28.1 Å². The smallest absolute Gasteiger partial charge is 0.295 e. The highest BCUT2D eigenvalue weighted by Gasteiger charge is 2.17. The molecule has 0 aliphatic carbocycles. The highest BCUT2D eigenvalue weighted by Crippen LogP contribution is 2.22. The third kappa shape index (κ3) is 6.46. The summed E-state index contributed by atoms with van der Waals surface area (Å²) in [5, 5.41) is 4.09. The van der Waals surface area contributed by atoms with Crippen LogP contribution in [0.2, 0.25) is 0 Å². The summed E-state index contributed by atoms with van der Waals surface area (Å²) in [6.07, 6.45) is 1.61. The zero-order chi connectivity index (χ0) is 18.9. The molecule has 0 unspecified atom stereocenters. The van der Waals surface area contributed by atoms with E-state index in [4.69, 9.17) is 9.47 Å². The number of hydrogen-bond donors (Lipinski definition) is 2. The molecule has 1 amide bonds. The number of morpholine rings is 1. The third-order valence-electron chi connectivity index (χ3n) is 4.21. The lowest BCUT2D eigenvalue weighted by molar-refractivity contribution is -0.900. The fourth-order valence-corrected chi connectivity index (χ4v) is 3.14. The largest absolute Gasteiger partial charge is 0.488 e. The number of halogens is 1. The maximum atomic E-state index is 12.0. The van der Waals surface area contributed by atoms with Gasteiger partial charge in [-0.1, -0.05) is 46.3 Å². The SMILES string of the molecule is O=C(C[NH+]1CCOCC1)NN=Cc1cc(Br)ccc1OCc1ccccc1. The molecule has 1 aliphatic rings. The second-order valence-corrected chi connectivity index (χ2v) is 7.20. The summed E-state index contributed by atoms with van der Waals surface area (Å²) < 4.78 is 12.1. The summed E-state index contributed by atoms with van der Waals surface area (Å²) in [5.74, 6) is 0.601. The maximum absolute atomic E-state index is 12.0. The molecule has 142 valence electrons. The van der Waals surface area contributed by atoms with Crippen molar-refractivity contribution in [2.24, 2.45) is 5.10 Å². The number of ether oxygens (including phenoxy) is 2. The molecule has 0 saturated carbocycles. The Morgan fingerprint density at radius 1 is 1.22 bits per heavy atom. The minimum atomic E-state index is -0.107. The Morgan fingerprint density at radius 3 is 2.78 bits per heavy atom. The monoisotopic (exact) mass is 432 g/mol. The molecular weight excluding hydrogens is 410 g/mol. The standard InChI is InChI=1S/C20H22BrN3O3/c21-18-6-7-19(27-15-16-4-2-1-3-5-16)17(12-18)13-22-23-20(25)14-24-8-10-26-11-9-24/h1-7,12-13H,8-11,14-15H2,(H,23,25)/p+1. The minimum absolute atomic E-state index is 0.107. The van der Waals surface area contributed by atoms with E-state index in [1.807, 2.05) is 48.5 Å². The van der Waals surface area contributed by atoms with Crippen molar-refractivity contribution in [2.75, 3.05) is 32.8 Å². The zero-order valence-electron chi connectivity index (χ0n) is 15.0. The number of benzene rings is 2. The van der Waals surface area contributed by atoms with Crippen molar-refractivity contribution in [3.05, 3.63) is 64.1 Å². The fraction of sp³-hybridized carbons (Fsp3) is 0.300. The van der Waals surface area contributed by atoms with E-state index in [2.05, 4.69) is 26.5 Å². The number of rotatable bonds is 7. The van der Waals surface area contributed by atoms with Gasteiger partial charge in [-0.15, -0.1) is 0 Å². The molecule has 27 heavy (non-hydrogen) atoms. The van der Waals surface area contributed by atoms with Gasteiger partial charge in [-0.25, -0.2) is 5.43 Å². The summed E-state index contributed by atoms with van der Waals surface area (Å²) in [6.45, 7) is 3.96. The maximum Gasteiger partial charge on any atom is 0.295 e. The predicted molar refractivity (Wildman–Crippen MR) is 107 cm³/mol. The van der Waals surface area contributed by atoms with Crippen molar-refractivity contribution in [3.8, 4) is 5.75 Å². The van der Waals surface area contributed by atoms with E-state index < -0.39 is 0 Å². The van der Waals surface area contributed by atoms with Gasteiger partial charge in [0.05, 0.1) is 19.4 Å². The molecule has 0 radical (unpaired) electrons. The van der Waals surface area contributed by atoms with Crippen molar-refractivity contribution in [1.29, 1.82) is 0 Å². The first-order valence-electron chi connectivity index (χ1n) is 8.90. The van der Waals surface area contributed by atoms with Crippen LogP contribution in [-0.2, 0) is 16.1 Å². The van der Waals surface area contributed by atoms with Crippen LogP contribution >= 0.6 is 15.9 Å². The third-order valence-corrected chi connectivity index (χ3v) is 4.71. The van der Waals surface area contributed by atoms with E-state index >= 15 is 0 Å². The Morgan fingerprint density at radius 2 is 2.00 bits per heavy atom. The normalized spacial score (nSPS) is 15.0. The molecule has 1 saturated heterocycles. The topological polar surface area (TPSA) is 64.4 Å². The molecule has 1 heterocycles. The number of nitrogens with zero attached hydrogens (tertiary/aromatic N) is 1. The van der Waals surface area contributed by atoms with Crippen molar-refractivity contribution in [2.45, 2.75) is 6.61 Å². The van der Waals surface area contributed by atoms with Crippen molar-refractivity contribution < 1.29 is 19.2 Å². The van der Waals surface area contributed by atoms with E-state index in [0.717, 1.165) is 28.7 Å². The average Bonchev–Trinajstić information content (AvgIpc) is 2.69. The van der Waals surface area contributed by atoms with Crippen LogP contribution in [0.5, 0.6) is 5.75 Å². The first kappa shape index (κ1) is 19.5. The van der Waals surface area contributed by atoms with Crippen LogP contribution in [0, 0.1) is 0 Å². The number of hydrogen-bond acceptors (Lipinski definition) is 4. The Labute approximate surface area is 167 Å². The Balaban J connectivity index is 1.57. The highest BCUT2D eigenvalue weighted by atomic mass is 79.9. The van der Waals surface area contributed by atoms with Gasteiger partial charge in [0.15, 0.2) is 6.54 Å². The molecule has 2 aromatic carbocycles. The van der Waals surface area contributed by atoms with Gasteiger partial charge < -0.3 is 14.4 Å². The number of carbonyl (C=O) groups excluding carboxylic acids is 1. The summed E-state index contributed by atoms with van der Waals surface area (Å²) in [6, 6.07) is 15.7. The van der Waals surface area contributed by atoms with Crippen LogP contribution in [0.25, 0.3) is 0 Å². The fourth-order valence-electron chi connectivity index (χ4n) is 2.76. The minimum Gasteiger partial charge on any atom is -0.488 e. The van der Waals surface area contributed by atoms with E-state index in [0.29, 0.717) is 32.1 Å². The molecule has 1 aliphatic heterocycles. The van der Waals surface area contributed by atoms with E-state index in [1.54, 1.807) is 6.21 Å². The van der Waals surface area contributed by atoms with Gasteiger partial charge in [-0.3, -0.25) is 4.79 Å². The summed E-state index contributed by atoms with van der Waals surface area (Å²) in [7, 11) is 0. The van der Waals surface area contributed by atoms with E-state index in [9.17, 15) is 4.79 Å². The second kappa shape index (κ2) is 10.2. The Kier molecular flexibility index (Phi) is 7.38. The predicted octanol–water partition coefficient (Wildman–Crippen LogP) is 1.39. The lowest BCUT2D eigenvalue weighted by Crippen LogP contribution is -3.15. The van der Waals surface area contributed by atoms with Gasteiger partial charge in [0.1, 0.15) is 25.4 Å². The van der Waals surface area contributed by atoms with Gasteiger partial charge in [-0.05, 0) is 23.8 Å². The first-order chi connectivity index (χ1) is 13.2. The van der Waals surface area contributed by atoms with Crippen LogP contribution in [0.4, 0.5) is 0 Å². The molecule has 1 fully saturated rings. The van der Waals surface area contributed by atoms with E-state index in [1.165, 1.54) is 4.90 Å². The molecule has 7 heteroatoms. The Bertz CT molecular complexity index is 777. The second-order valence-electron chi connectivity index (χ2n) is 6.29. The molecule has 2 N–H and O–H groups in total. The molecule has 3 rings (SSSR count). The van der Waals surface area contributed by atoms with Gasteiger partial charge in [-0.2, -0.15) is 5.10 Å². The average molecular weight is 433 g/mol. The molecular formula is C20H23BrN3O3+. The molecule has 2 aromatic rings. The van der Waals surface area contributed by atoms with Crippen molar-refractivity contribution in [1.82, 2.24) is 5.43 Å². The lowest BCUT2D eigenvalue weighted by Gasteiger charge is -2.22. The molecule has 0 aromatic heterocycles. The first-order valence-corrected chi connectivity index (χ1v) is 9.69. The number of carbonyl (C=O) groups is 1. The number of hydrazone groups is 1. The number of amides is 1. The summed E-state index contributed by atoms with van der Waals surface area (Å²) in [4.78, 5) is 13.2. The summed E-state index contributed by atoms with van der Waals surface area (Å²) in [5.41, 5.74) is 4.48. The highest BCUT2D eigenvalue weighted by molar-refractivity contribution is 9.10. The molecule has 0 atom stereocenters. The van der Waals surface area contributed by atoms with Crippen LogP contribution in [-0.4, -0.2) is 45.0 Å². The van der Waals surface area contributed by atoms with Crippen LogP contribution < -0.4 is 15.1 Å². The van der Waals surface area contributed by atoms with Gasteiger partial charge in [0, 0.05) is 10.0 Å². The van der Waals surface area contributed by atoms with Gasteiger partial charge >= 0.3 is 0 Å². The van der Waals surface area contributed by atoms with Crippen LogP contribution in [0.3, 0.4) is 0 Å². The summed E-state index contributed by atoms with van der Waals surface area (Å²) >= 11 is 3.46. The number of quaternary nitrogens is 1. The quantitative estimate of drug-likeness (QED) is 0.513.